The Morgan fingerprint density at radius 2 is 1.77 bits per heavy atom. The summed E-state index contributed by atoms with van der Waals surface area (Å²) in [7, 11) is 0. The summed E-state index contributed by atoms with van der Waals surface area (Å²) in [6.07, 6.45) is 3.78. The zero-order valence-electron chi connectivity index (χ0n) is 16.2. The predicted molar refractivity (Wildman–Crippen MR) is 118 cm³/mol. The first kappa shape index (κ1) is 20.4. The fraction of sp³-hybridized carbons (Fsp3) is 0.174. The lowest BCUT2D eigenvalue weighted by molar-refractivity contribution is 0.0938. The smallest absolute Gasteiger partial charge is 0.259 e. The molecule has 1 aromatic heterocycles. The Morgan fingerprint density at radius 3 is 2.50 bits per heavy atom. The molecule has 2 aromatic carbocycles. The minimum absolute atomic E-state index is 0.124. The Hall–Kier alpha value is -2.89. The van der Waals surface area contributed by atoms with Crippen LogP contribution < -0.4 is 10.2 Å². The molecule has 152 valence electrons. The summed E-state index contributed by atoms with van der Waals surface area (Å²) < 4.78 is 0. The van der Waals surface area contributed by atoms with Crippen LogP contribution in [0.5, 0.6) is 0 Å². The summed E-state index contributed by atoms with van der Waals surface area (Å²) in [6.45, 7) is 2.53. The standard InChI is InChI=1S/C23H19Cl2N3O2/c1-14(27-22(29)15-2-5-19(24)6-3-15)16-4-7-21-17(10-16)8-9-28(21)23(30)18-11-20(25)13-26-12-18/h2-7,10-14H,8-9H2,1H3,(H,27,29). The van der Waals surface area contributed by atoms with Crippen molar-refractivity contribution in [3.63, 3.8) is 0 Å². The van der Waals surface area contributed by atoms with Crippen LogP contribution in [-0.2, 0) is 6.42 Å². The predicted octanol–water partition coefficient (Wildman–Crippen LogP) is 5.08. The number of pyridine rings is 1. The van der Waals surface area contributed by atoms with Gasteiger partial charge in [0.05, 0.1) is 16.6 Å². The molecule has 4 rings (SSSR count). The Bertz CT molecular complexity index is 1120. The third-order valence-corrected chi connectivity index (χ3v) is 5.61. The summed E-state index contributed by atoms with van der Waals surface area (Å²) in [4.78, 5) is 31.1. The van der Waals surface area contributed by atoms with E-state index in [2.05, 4.69) is 10.3 Å². The average molecular weight is 440 g/mol. The lowest BCUT2D eigenvalue weighted by Gasteiger charge is -2.19. The Morgan fingerprint density at radius 1 is 1.00 bits per heavy atom. The molecule has 0 radical (unpaired) electrons. The van der Waals surface area contributed by atoms with E-state index in [0.29, 0.717) is 27.7 Å². The third-order valence-electron chi connectivity index (χ3n) is 5.15. The molecule has 1 unspecified atom stereocenters. The molecule has 1 aliphatic heterocycles. The van der Waals surface area contributed by atoms with Crippen LogP contribution in [0.3, 0.4) is 0 Å². The zero-order valence-corrected chi connectivity index (χ0v) is 17.7. The number of fused-ring (bicyclic) bond motifs is 1. The molecular formula is C23H19Cl2N3O2. The van der Waals surface area contributed by atoms with Crippen molar-refractivity contribution >= 4 is 40.7 Å². The van der Waals surface area contributed by atoms with E-state index in [4.69, 9.17) is 23.2 Å². The largest absolute Gasteiger partial charge is 0.346 e. The highest BCUT2D eigenvalue weighted by molar-refractivity contribution is 6.31. The summed E-state index contributed by atoms with van der Waals surface area (Å²) in [5.74, 6) is -0.287. The second-order valence-electron chi connectivity index (χ2n) is 7.19. The van der Waals surface area contributed by atoms with Crippen LogP contribution in [0.1, 0.15) is 44.8 Å². The van der Waals surface area contributed by atoms with Gasteiger partial charge in [-0.1, -0.05) is 35.3 Å². The van der Waals surface area contributed by atoms with Crippen LogP contribution in [0.2, 0.25) is 10.0 Å². The normalized spacial score (nSPS) is 13.6. The molecule has 1 N–H and O–H groups in total. The molecule has 5 nitrogen and oxygen atoms in total. The first-order valence-corrected chi connectivity index (χ1v) is 10.3. The van der Waals surface area contributed by atoms with Gasteiger partial charge in [0.1, 0.15) is 0 Å². The van der Waals surface area contributed by atoms with Crippen LogP contribution in [-0.4, -0.2) is 23.3 Å². The molecule has 2 amide bonds. The maximum Gasteiger partial charge on any atom is 0.259 e. The van der Waals surface area contributed by atoms with E-state index in [1.54, 1.807) is 35.2 Å². The Balaban J connectivity index is 1.50. The molecule has 3 aromatic rings. The van der Waals surface area contributed by atoms with Gasteiger partial charge >= 0.3 is 0 Å². The molecule has 7 heteroatoms. The molecule has 0 bridgehead atoms. The van der Waals surface area contributed by atoms with Crippen LogP contribution in [0.15, 0.2) is 60.9 Å². The number of hydrogen-bond donors (Lipinski definition) is 1. The van der Waals surface area contributed by atoms with Crippen LogP contribution in [0.25, 0.3) is 0 Å². The third kappa shape index (κ3) is 4.18. The van der Waals surface area contributed by atoms with Gasteiger partial charge < -0.3 is 10.2 Å². The number of nitrogens with one attached hydrogen (secondary N) is 1. The number of carbonyl (C=O) groups is 2. The highest BCUT2D eigenvalue weighted by Gasteiger charge is 2.26. The number of anilines is 1. The van der Waals surface area contributed by atoms with Gasteiger partial charge in [-0.3, -0.25) is 14.6 Å². The molecule has 0 saturated carbocycles. The summed E-state index contributed by atoms with van der Waals surface area (Å²) in [5.41, 5.74) is 3.94. The molecule has 1 aliphatic rings. The highest BCUT2D eigenvalue weighted by Crippen LogP contribution is 2.32. The molecule has 0 fully saturated rings. The van der Waals surface area contributed by atoms with Crippen molar-refractivity contribution < 1.29 is 9.59 Å². The first-order chi connectivity index (χ1) is 14.4. The van der Waals surface area contributed by atoms with E-state index >= 15 is 0 Å². The van der Waals surface area contributed by atoms with E-state index < -0.39 is 0 Å². The van der Waals surface area contributed by atoms with Crippen LogP contribution in [0.4, 0.5) is 5.69 Å². The number of nitrogens with zero attached hydrogens (tertiary/aromatic N) is 2. The van der Waals surface area contributed by atoms with Gasteiger partial charge in [0.15, 0.2) is 0 Å². The van der Waals surface area contributed by atoms with Gasteiger partial charge in [-0.25, -0.2) is 0 Å². The Kier molecular flexibility index (Phi) is 5.75. The number of benzene rings is 2. The summed E-state index contributed by atoms with van der Waals surface area (Å²) in [6, 6.07) is 14.1. The van der Waals surface area contributed by atoms with Gasteiger partial charge in [-0.05, 0) is 60.9 Å². The Labute approximate surface area is 184 Å². The van der Waals surface area contributed by atoms with Crippen LogP contribution >= 0.6 is 23.2 Å². The lowest BCUT2D eigenvalue weighted by Crippen LogP contribution is -2.29. The second-order valence-corrected chi connectivity index (χ2v) is 8.06. The van der Waals surface area contributed by atoms with Gasteiger partial charge in [-0.15, -0.1) is 0 Å². The zero-order chi connectivity index (χ0) is 21.3. The summed E-state index contributed by atoms with van der Waals surface area (Å²) in [5, 5.41) is 4.02. The molecule has 0 aliphatic carbocycles. The number of rotatable bonds is 4. The van der Waals surface area contributed by atoms with Gasteiger partial charge in [0.25, 0.3) is 11.8 Å². The molecule has 2 heterocycles. The van der Waals surface area contributed by atoms with E-state index in [1.807, 2.05) is 25.1 Å². The minimum atomic E-state index is -0.180. The van der Waals surface area contributed by atoms with Gasteiger partial charge in [0, 0.05) is 35.2 Å². The second kappa shape index (κ2) is 8.46. The van der Waals surface area contributed by atoms with Crippen molar-refractivity contribution in [1.29, 1.82) is 0 Å². The van der Waals surface area contributed by atoms with E-state index in [9.17, 15) is 9.59 Å². The van der Waals surface area contributed by atoms with Crippen molar-refractivity contribution in [3.8, 4) is 0 Å². The SMILES string of the molecule is CC(NC(=O)c1ccc(Cl)cc1)c1ccc2c(c1)CCN2C(=O)c1cncc(Cl)c1. The number of aromatic nitrogens is 1. The monoisotopic (exact) mass is 439 g/mol. The fourth-order valence-corrected chi connectivity index (χ4v) is 3.85. The maximum atomic E-state index is 12.9. The number of halogens is 2. The number of carbonyl (C=O) groups excluding carboxylic acids is 2. The van der Waals surface area contributed by atoms with Crippen molar-refractivity contribution in [2.24, 2.45) is 0 Å². The van der Waals surface area contributed by atoms with Crippen LogP contribution in [0, 0.1) is 0 Å². The number of hydrogen-bond acceptors (Lipinski definition) is 3. The minimum Gasteiger partial charge on any atom is -0.346 e. The molecule has 0 saturated heterocycles. The number of amides is 2. The molecule has 30 heavy (non-hydrogen) atoms. The molecule has 1 atom stereocenters. The quantitative estimate of drug-likeness (QED) is 0.616. The molecule has 0 spiro atoms. The van der Waals surface area contributed by atoms with Crippen molar-refractivity contribution in [1.82, 2.24) is 10.3 Å². The van der Waals surface area contributed by atoms with Crippen molar-refractivity contribution in [2.75, 3.05) is 11.4 Å². The maximum absolute atomic E-state index is 12.9. The van der Waals surface area contributed by atoms with Gasteiger partial charge in [0.2, 0.25) is 0 Å². The van der Waals surface area contributed by atoms with Crippen molar-refractivity contribution in [2.45, 2.75) is 19.4 Å². The van der Waals surface area contributed by atoms with E-state index in [0.717, 1.165) is 23.2 Å². The first-order valence-electron chi connectivity index (χ1n) is 9.54. The van der Waals surface area contributed by atoms with E-state index in [1.165, 1.54) is 12.4 Å². The average Bonchev–Trinajstić information content (AvgIpc) is 3.16. The van der Waals surface area contributed by atoms with Gasteiger partial charge in [-0.2, -0.15) is 0 Å². The topological polar surface area (TPSA) is 62.3 Å². The molecular weight excluding hydrogens is 421 g/mol. The van der Waals surface area contributed by atoms with Crippen molar-refractivity contribution in [3.05, 3.63) is 93.2 Å². The van der Waals surface area contributed by atoms with E-state index in [-0.39, 0.29) is 17.9 Å². The highest BCUT2D eigenvalue weighted by atomic mass is 35.5. The summed E-state index contributed by atoms with van der Waals surface area (Å²) >= 11 is 11.9. The lowest BCUT2D eigenvalue weighted by atomic mass is 10.0. The fourth-order valence-electron chi connectivity index (χ4n) is 3.55.